The summed E-state index contributed by atoms with van der Waals surface area (Å²) in [5.74, 6) is -0.474. The first-order chi connectivity index (χ1) is 7.19. The molecule has 1 atom stereocenters. The highest BCUT2D eigenvalue weighted by atomic mass is 35.5. The minimum Gasteiger partial charge on any atom is -0.394 e. The molecule has 15 heavy (non-hydrogen) atoms. The average molecular weight is 234 g/mol. The van der Waals surface area contributed by atoms with Crippen LogP contribution in [0.4, 0.5) is 4.39 Å². The van der Waals surface area contributed by atoms with Crippen molar-refractivity contribution in [3.8, 4) is 0 Å². The molecule has 0 aliphatic carbocycles. The van der Waals surface area contributed by atoms with Crippen molar-refractivity contribution in [1.82, 2.24) is 0 Å². The molecule has 5 heteroatoms. The topological polar surface area (TPSA) is 55.5 Å². The lowest BCUT2D eigenvalue weighted by atomic mass is 10.1. The van der Waals surface area contributed by atoms with Crippen molar-refractivity contribution in [2.75, 3.05) is 19.8 Å². The van der Waals surface area contributed by atoms with Gasteiger partial charge in [-0.1, -0.05) is 17.7 Å². The highest BCUT2D eigenvalue weighted by Crippen LogP contribution is 2.22. The van der Waals surface area contributed by atoms with Gasteiger partial charge in [-0.3, -0.25) is 0 Å². The minimum absolute atomic E-state index is 0.0403. The number of ether oxygens (including phenoxy) is 1. The van der Waals surface area contributed by atoms with E-state index in [4.69, 9.17) is 27.2 Å². The molecule has 0 radical (unpaired) electrons. The van der Waals surface area contributed by atoms with Gasteiger partial charge in [0.05, 0.1) is 24.3 Å². The van der Waals surface area contributed by atoms with E-state index in [1.54, 1.807) is 6.07 Å². The summed E-state index contributed by atoms with van der Waals surface area (Å²) in [5, 5.41) is 8.64. The molecular formula is C10H13ClFNO2. The number of aliphatic hydroxyl groups excluding tert-OH is 1. The first-order valence-electron chi connectivity index (χ1n) is 4.56. The number of nitrogens with two attached hydrogens (primary N) is 1. The van der Waals surface area contributed by atoms with Crippen molar-refractivity contribution in [2.45, 2.75) is 6.10 Å². The first-order valence-corrected chi connectivity index (χ1v) is 4.94. The van der Waals surface area contributed by atoms with E-state index in [0.717, 1.165) is 0 Å². The van der Waals surface area contributed by atoms with Gasteiger partial charge in [-0.05, 0) is 17.7 Å². The van der Waals surface area contributed by atoms with Crippen LogP contribution in [0.15, 0.2) is 18.2 Å². The third-order valence-electron chi connectivity index (χ3n) is 1.94. The molecule has 0 aliphatic rings. The molecule has 84 valence electrons. The fraction of sp³-hybridized carbons (Fsp3) is 0.400. The molecule has 0 aliphatic heterocycles. The van der Waals surface area contributed by atoms with Gasteiger partial charge in [0, 0.05) is 6.54 Å². The Labute approximate surface area is 92.6 Å². The second kappa shape index (κ2) is 6.02. The van der Waals surface area contributed by atoms with Crippen LogP contribution in [0, 0.1) is 5.82 Å². The Morgan fingerprint density at radius 3 is 2.80 bits per heavy atom. The Balaban J connectivity index is 2.78. The largest absolute Gasteiger partial charge is 0.394 e. The summed E-state index contributed by atoms with van der Waals surface area (Å²) in [4.78, 5) is 0. The standard InChI is InChI=1S/C10H13ClFNO2/c11-8-5-7(1-2-9(8)12)10(6-13)15-4-3-14/h1-2,5,10,14H,3-4,6,13H2. The predicted molar refractivity (Wildman–Crippen MR) is 56.2 cm³/mol. The summed E-state index contributed by atoms with van der Waals surface area (Å²) in [7, 11) is 0. The van der Waals surface area contributed by atoms with Gasteiger partial charge in [0.25, 0.3) is 0 Å². The highest BCUT2D eigenvalue weighted by molar-refractivity contribution is 6.30. The normalized spacial score (nSPS) is 12.8. The molecule has 0 aromatic heterocycles. The van der Waals surface area contributed by atoms with E-state index in [2.05, 4.69) is 0 Å². The van der Waals surface area contributed by atoms with Crippen LogP contribution in [0.2, 0.25) is 5.02 Å². The molecule has 0 saturated carbocycles. The van der Waals surface area contributed by atoms with Gasteiger partial charge in [-0.25, -0.2) is 4.39 Å². The molecule has 3 nitrogen and oxygen atoms in total. The molecule has 0 fully saturated rings. The van der Waals surface area contributed by atoms with Crippen molar-refractivity contribution in [3.05, 3.63) is 34.6 Å². The third kappa shape index (κ3) is 3.43. The lowest BCUT2D eigenvalue weighted by molar-refractivity contribution is 0.0328. The lowest BCUT2D eigenvalue weighted by Crippen LogP contribution is -2.17. The molecule has 0 bridgehead atoms. The quantitative estimate of drug-likeness (QED) is 0.810. The Hall–Kier alpha value is -0.680. The number of aliphatic hydroxyl groups is 1. The molecule has 1 aromatic carbocycles. The van der Waals surface area contributed by atoms with Crippen LogP contribution in [0.3, 0.4) is 0 Å². The Bertz CT molecular complexity index is 322. The van der Waals surface area contributed by atoms with E-state index in [9.17, 15) is 4.39 Å². The van der Waals surface area contributed by atoms with Gasteiger partial charge < -0.3 is 15.6 Å². The SMILES string of the molecule is NCC(OCCO)c1ccc(F)c(Cl)c1. The number of hydrogen-bond acceptors (Lipinski definition) is 3. The van der Waals surface area contributed by atoms with Crippen molar-refractivity contribution in [3.63, 3.8) is 0 Å². The molecular weight excluding hydrogens is 221 g/mol. The van der Waals surface area contributed by atoms with Gasteiger partial charge >= 0.3 is 0 Å². The first kappa shape index (κ1) is 12.4. The van der Waals surface area contributed by atoms with Crippen LogP contribution in [-0.4, -0.2) is 24.9 Å². The van der Waals surface area contributed by atoms with Gasteiger partial charge in [0.1, 0.15) is 5.82 Å². The number of hydrogen-bond donors (Lipinski definition) is 2. The van der Waals surface area contributed by atoms with Crippen molar-refractivity contribution >= 4 is 11.6 Å². The maximum Gasteiger partial charge on any atom is 0.141 e. The maximum atomic E-state index is 12.9. The molecule has 1 unspecified atom stereocenters. The van der Waals surface area contributed by atoms with Crippen molar-refractivity contribution in [2.24, 2.45) is 5.73 Å². The predicted octanol–water partition coefficient (Wildman–Crippen LogP) is 1.49. The molecule has 1 rings (SSSR count). The highest BCUT2D eigenvalue weighted by Gasteiger charge is 2.11. The summed E-state index contributed by atoms with van der Waals surface area (Å²) in [5.41, 5.74) is 6.20. The van der Waals surface area contributed by atoms with Gasteiger partial charge in [-0.2, -0.15) is 0 Å². The van der Waals surface area contributed by atoms with Crippen molar-refractivity contribution < 1.29 is 14.2 Å². The van der Waals surface area contributed by atoms with E-state index in [0.29, 0.717) is 5.56 Å². The van der Waals surface area contributed by atoms with Crippen LogP contribution in [-0.2, 0) is 4.74 Å². The summed E-state index contributed by atoms with van der Waals surface area (Å²) in [6.45, 7) is 0.365. The monoisotopic (exact) mass is 233 g/mol. The Morgan fingerprint density at radius 2 is 2.27 bits per heavy atom. The Morgan fingerprint density at radius 1 is 1.53 bits per heavy atom. The molecule has 0 heterocycles. The minimum atomic E-state index is -0.474. The number of benzene rings is 1. The van der Waals surface area contributed by atoms with E-state index >= 15 is 0 Å². The van der Waals surface area contributed by atoms with Gasteiger partial charge in [-0.15, -0.1) is 0 Å². The van der Waals surface area contributed by atoms with Gasteiger partial charge in [0.2, 0.25) is 0 Å². The van der Waals surface area contributed by atoms with E-state index in [1.165, 1.54) is 12.1 Å². The van der Waals surface area contributed by atoms with Crippen LogP contribution >= 0.6 is 11.6 Å². The zero-order valence-electron chi connectivity index (χ0n) is 8.12. The molecule has 1 aromatic rings. The van der Waals surface area contributed by atoms with Crippen molar-refractivity contribution in [1.29, 1.82) is 0 Å². The smallest absolute Gasteiger partial charge is 0.141 e. The summed E-state index contributed by atoms with van der Waals surface area (Å²) in [6.07, 6.45) is -0.366. The second-order valence-corrected chi connectivity index (χ2v) is 3.40. The van der Waals surface area contributed by atoms with E-state index in [1.807, 2.05) is 0 Å². The molecule has 3 N–H and O–H groups in total. The number of halogens is 2. The van der Waals surface area contributed by atoms with Crippen LogP contribution < -0.4 is 5.73 Å². The lowest BCUT2D eigenvalue weighted by Gasteiger charge is -2.15. The Kier molecular flexibility index (Phi) is 4.98. The molecule has 0 saturated heterocycles. The number of rotatable bonds is 5. The van der Waals surface area contributed by atoms with E-state index < -0.39 is 5.82 Å². The molecule has 0 amide bonds. The maximum absolute atomic E-state index is 12.9. The van der Waals surface area contributed by atoms with Crippen LogP contribution in [0.5, 0.6) is 0 Å². The van der Waals surface area contributed by atoms with Crippen LogP contribution in [0.1, 0.15) is 11.7 Å². The van der Waals surface area contributed by atoms with E-state index in [-0.39, 0.29) is 30.9 Å². The average Bonchev–Trinajstić information content (AvgIpc) is 2.24. The third-order valence-corrected chi connectivity index (χ3v) is 2.23. The second-order valence-electron chi connectivity index (χ2n) is 2.99. The fourth-order valence-corrected chi connectivity index (χ4v) is 1.40. The molecule has 0 spiro atoms. The van der Waals surface area contributed by atoms with Gasteiger partial charge in [0.15, 0.2) is 0 Å². The zero-order valence-corrected chi connectivity index (χ0v) is 8.88. The fourth-order valence-electron chi connectivity index (χ4n) is 1.21. The zero-order chi connectivity index (χ0) is 11.3. The summed E-state index contributed by atoms with van der Waals surface area (Å²) >= 11 is 5.63. The van der Waals surface area contributed by atoms with Crippen LogP contribution in [0.25, 0.3) is 0 Å². The summed E-state index contributed by atoms with van der Waals surface area (Å²) in [6, 6.07) is 4.31. The summed E-state index contributed by atoms with van der Waals surface area (Å²) < 4.78 is 18.1.